The zero-order valence-electron chi connectivity index (χ0n) is 11.6. The lowest BCUT2D eigenvalue weighted by Crippen LogP contribution is -2.25. The molecule has 6 heteroatoms. The summed E-state index contributed by atoms with van der Waals surface area (Å²) >= 11 is 12.5. The van der Waals surface area contributed by atoms with Crippen molar-refractivity contribution in [3.8, 4) is 0 Å². The number of hydrogen-bond donors (Lipinski definition) is 1. The van der Waals surface area contributed by atoms with E-state index in [0.717, 1.165) is 30.8 Å². The van der Waals surface area contributed by atoms with Crippen LogP contribution in [0.1, 0.15) is 37.6 Å². The lowest BCUT2D eigenvalue weighted by molar-refractivity contribution is 0.511. The van der Waals surface area contributed by atoms with Crippen molar-refractivity contribution in [3.63, 3.8) is 0 Å². The van der Waals surface area contributed by atoms with E-state index in [1.165, 1.54) is 0 Å². The molecular formula is C14H18Cl2N4. The maximum Gasteiger partial charge on any atom is 0.0802 e. The van der Waals surface area contributed by atoms with E-state index in [-0.39, 0.29) is 6.04 Å². The molecule has 1 unspecified atom stereocenters. The molecule has 1 aromatic carbocycles. The van der Waals surface area contributed by atoms with Gasteiger partial charge >= 0.3 is 0 Å². The number of benzene rings is 1. The van der Waals surface area contributed by atoms with Gasteiger partial charge in [-0.2, -0.15) is 0 Å². The second kappa shape index (κ2) is 7.07. The van der Waals surface area contributed by atoms with Gasteiger partial charge in [-0.25, -0.2) is 4.68 Å². The van der Waals surface area contributed by atoms with Crippen LogP contribution in [0.3, 0.4) is 0 Å². The third-order valence-corrected chi connectivity index (χ3v) is 3.91. The molecule has 108 valence electrons. The van der Waals surface area contributed by atoms with E-state index in [1.807, 2.05) is 16.8 Å². The molecule has 0 aliphatic heterocycles. The minimum absolute atomic E-state index is 0.0623. The largest absolute Gasteiger partial charge is 0.305 e. The molecule has 0 saturated heterocycles. The molecule has 1 aromatic heterocycles. The van der Waals surface area contributed by atoms with Gasteiger partial charge in [-0.1, -0.05) is 54.4 Å². The summed E-state index contributed by atoms with van der Waals surface area (Å²) in [6.07, 6.45) is 2.78. The Balaban J connectivity index is 2.45. The quantitative estimate of drug-likeness (QED) is 0.884. The first-order valence-corrected chi connectivity index (χ1v) is 7.50. The molecule has 1 atom stereocenters. The number of rotatable bonds is 6. The standard InChI is InChI=1S/C14H18Cl2N4/c1-3-8-20-12(9-18-19-20)14(17-4-2)10-6-5-7-11(15)13(10)16/h5-7,9,14,17H,3-4,8H2,1-2H3. The number of hydrogen-bond acceptors (Lipinski definition) is 3. The van der Waals surface area contributed by atoms with Crippen LogP contribution in [0.4, 0.5) is 0 Å². The van der Waals surface area contributed by atoms with Crippen molar-refractivity contribution in [1.82, 2.24) is 20.3 Å². The normalized spacial score (nSPS) is 12.6. The van der Waals surface area contributed by atoms with Crippen LogP contribution in [0.25, 0.3) is 0 Å². The Hall–Kier alpha value is -1.10. The second-order valence-electron chi connectivity index (χ2n) is 4.52. The van der Waals surface area contributed by atoms with Crippen molar-refractivity contribution in [2.24, 2.45) is 0 Å². The first kappa shape index (κ1) is 15.3. The molecule has 0 bridgehead atoms. The summed E-state index contributed by atoms with van der Waals surface area (Å²) in [5.41, 5.74) is 1.94. The molecule has 20 heavy (non-hydrogen) atoms. The first-order chi connectivity index (χ1) is 9.69. The highest BCUT2D eigenvalue weighted by Gasteiger charge is 2.21. The smallest absolute Gasteiger partial charge is 0.0802 e. The predicted octanol–water partition coefficient (Wildman–Crippen LogP) is 3.69. The summed E-state index contributed by atoms with van der Waals surface area (Å²) in [6, 6.07) is 5.61. The Kier molecular flexibility index (Phi) is 5.40. The molecule has 0 spiro atoms. The molecule has 0 aliphatic rings. The van der Waals surface area contributed by atoms with Crippen molar-refractivity contribution in [2.45, 2.75) is 32.9 Å². The fraction of sp³-hybridized carbons (Fsp3) is 0.429. The fourth-order valence-corrected chi connectivity index (χ4v) is 2.61. The van der Waals surface area contributed by atoms with Crippen LogP contribution >= 0.6 is 23.2 Å². The van der Waals surface area contributed by atoms with Crippen LogP contribution in [-0.2, 0) is 6.54 Å². The molecule has 0 radical (unpaired) electrons. The lowest BCUT2D eigenvalue weighted by atomic mass is 10.0. The summed E-state index contributed by atoms with van der Waals surface area (Å²) in [5.74, 6) is 0. The second-order valence-corrected chi connectivity index (χ2v) is 5.30. The Labute approximate surface area is 129 Å². The van der Waals surface area contributed by atoms with E-state index < -0.39 is 0 Å². The molecule has 2 rings (SSSR count). The topological polar surface area (TPSA) is 42.7 Å². The van der Waals surface area contributed by atoms with Gasteiger partial charge < -0.3 is 5.32 Å². The molecule has 0 saturated carbocycles. The zero-order chi connectivity index (χ0) is 14.5. The number of nitrogens with one attached hydrogen (secondary N) is 1. The van der Waals surface area contributed by atoms with Gasteiger partial charge in [-0.15, -0.1) is 5.10 Å². The van der Waals surface area contributed by atoms with E-state index >= 15 is 0 Å². The van der Waals surface area contributed by atoms with Crippen LogP contribution in [0.15, 0.2) is 24.4 Å². The summed E-state index contributed by atoms with van der Waals surface area (Å²) in [4.78, 5) is 0. The first-order valence-electron chi connectivity index (χ1n) is 6.74. The summed E-state index contributed by atoms with van der Waals surface area (Å²) in [6.45, 7) is 5.81. The molecule has 1 N–H and O–H groups in total. The number of nitrogens with zero attached hydrogens (tertiary/aromatic N) is 3. The average molecular weight is 313 g/mol. The van der Waals surface area contributed by atoms with E-state index in [4.69, 9.17) is 23.2 Å². The highest BCUT2D eigenvalue weighted by Crippen LogP contribution is 2.32. The fourth-order valence-electron chi connectivity index (χ4n) is 2.20. The molecule has 4 nitrogen and oxygen atoms in total. The van der Waals surface area contributed by atoms with Gasteiger partial charge in [0.15, 0.2) is 0 Å². The third kappa shape index (κ3) is 3.14. The van der Waals surface area contributed by atoms with Crippen LogP contribution < -0.4 is 5.32 Å². The van der Waals surface area contributed by atoms with Gasteiger partial charge in [0.25, 0.3) is 0 Å². The summed E-state index contributed by atoms with van der Waals surface area (Å²) < 4.78 is 1.91. The predicted molar refractivity (Wildman–Crippen MR) is 82.3 cm³/mol. The monoisotopic (exact) mass is 312 g/mol. The van der Waals surface area contributed by atoms with Gasteiger partial charge in [0, 0.05) is 6.54 Å². The third-order valence-electron chi connectivity index (χ3n) is 3.08. The lowest BCUT2D eigenvalue weighted by Gasteiger charge is -2.20. The molecular weight excluding hydrogens is 295 g/mol. The van der Waals surface area contributed by atoms with Crippen molar-refractivity contribution < 1.29 is 0 Å². The Bertz CT molecular complexity index is 568. The van der Waals surface area contributed by atoms with E-state index in [0.29, 0.717) is 10.0 Å². The Morgan fingerprint density at radius 3 is 2.80 bits per heavy atom. The molecule has 1 heterocycles. The minimum atomic E-state index is -0.0623. The Morgan fingerprint density at radius 2 is 2.10 bits per heavy atom. The molecule has 0 fully saturated rings. The summed E-state index contributed by atoms with van der Waals surface area (Å²) in [5, 5.41) is 12.7. The van der Waals surface area contributed by atoms with E-state index in [9.17, 15) is 0 Å². The van der Waals surface area contributed by atoms with Gasteiger partial charge in [0.2, 0.25) is 0 Å². The van der Waals surface area contributed by atoms with Crippen LogP contribution in [0.5, 0.6) is 0 Å². The van der Waals surface area contributed by atoms with Gasteiger partial charge in [0.05, 0.1) is 28.0 Å². The van der Waals surface area contributed by atoms with Gasteiger partial charge in [0.1, 0.15) is 0 Å². The number of aromatic nitrogens is 3. The minimum Gasteiger partial charge on any atom is -0.305 e. The van der Waals surface area contributed by atoms with Crippen LogP contribution in [0, 0.1) is 0 Å². The van der Waals surface area contributed by atoms with Crippen molar-refractivity contribution in [3.05, 3.63) is 45.7 Å². The maximum absolute atomic E-state index is 6.35. The molecule has 2 aromatic rings. The van der Waals surface area contributed by atoms with Crippen LogP contribution in [0.2, 0.25) is 10.0 Å². The SMILES string of the molecule is CCCn1nncc1C(NCC)c1cccc(Cl)c1Cl. The van der Waals surface area contributed by atoms with Gasteiger partial charge in [-0.05, 0) is 24.6 Å². The maximum atomic E-state index is 6.35. The van der Waals surface area contributed by atoms with E-state index in [2.05, 4.69) is 29.5 Å². The molecule has 0 aliphatic carbocycles. The van der Waals surface area contributed by atoms with Crippen LogP contribution in [-0.4, -0.2) is 21.5 Å². The van der Waals surface area contributed by atoms with Crippen molar-refractivity contribution in [2.75, 3.05) is 6.54 Å². The van der Waals surface area contributed by atoms with Crippen molar-refractivity contribution >= 4 is 23.2 Å². The summed E-state index contributed by atoms with van der Waals surface area (Å²) in [7, 11) is 0. The Morgan fingerprint density at radius 1 is 1.30 bits per heavy atom. The average Bonchev–Trinajstić information content (AvgIpc) is 2.88. The van der Waals surface area contributed by atoms with E-state index in [1.54, 1.807) is 12.3 Å². The molecule has 0 amide bonds. The number of aryl methyl sites for hydroxylation is 1. The van der Waals surface area contributed by atoms with Gasteiger partial charge in [-0.3, -0.25) is 0 Å². The number of halogens is 2. The highest BCUT2D eigenvalue weighted by molar-refractivity contribution is 6.42. The highest BCUT2D eigenvalue weighted by atomic mass is 35.5. The van der Waals surface area contributed by atoms with Crippen molar-refractivity contribution in [1.29, 1.82) is 0 Å². The zero-order valence-corrected chi connectivity index (χ0v) is 13.1.